The van der Waals surface area contributed by atoms with E-state index in [4.69, 9.17) is 0 Å². The number of hydrogen-bond donors (Lipinski definition) is 1. The summed E-state index contributed by atoms with van der Waals surface area (Å²) >= 11 is 0. The SMILES string of the molecule is CCCn1ccnc1C1CCCC1CNC1CC1. The molecule has 0 bridgehead atoms. The van der Waals surface area contributed by atoms with Gasteiger partial charge >= 0.3 is 0 Å². The molecule has 100 valence electrons. The van der Waals surface area contributed by atoms with Crippen molar-refractivity contribution in [3.8, 4) is 0 Å². The molecule has 2 aliphatic rings. The van der Waals surface area contributed by atoms with Gasteiger partial charge in [0.15, 0.2) is 0 Å². The first-order chi connectivity index (χ1) is 8.88. The molecule has 2 saturated carbocycles. The van der Waals surface area contributed by atoms with Gasteiger partial charge in [-0.2, -0.15) is 0 Å². The van der Waals surface area contributed by atoms with Crippen molar-refractivity contribution in [2.75, 3.05) is 6.54 Å². The van der Waals surface area contributed by atoms with Crippen LogP contribution in [0.25, 0.3) is 0 Å². The molecule has 18 heavy (non-hydrogen) atoms. The lowest BCUT2D eigenvalue weighted by molar-refractivity contribution is 0.417. The van der Waals surface area contributed by atoms with Crippen molar-refractivity contribution in [2.45, 2.75) is 64.0 Å². The lowest BCUT2D eigenvalue weighted by Crippen LogP contribution is -2.27. The number of nitrogens with one attached hydrogen (secondary N) is 1. The topological polar surface area (TPSA) is 29.9 Å². The molecule has 2 atom stereocenters. The van der Waals surface area contributed by atoms with Crippen molar-refractivity contribution in [3.05, 3.63) is 18.2 Å². The number of aromatic nitrogens is 2. The van der Waals surface area contributed by atoms with Crippen LogP contribution in [0.2, 0.25) is 0 Å². The van der Waals surface area contributed by atoms with Gasteiger partial charge in [0.2, 0.25) is 0 Å². The summed E-state index contributed by atoms with van der Waals surface area (Å²) in [7, 11) is 0. The fraction of sp³-hybridized carbons (Fsp3) is 0.800. The van der Waals surface area contributed by atoms with Gasteiger partial charge in [0.1, 0.15) is 5.82 Å². The molecule has 1 aromatic heterocycles. The van der Waals surface area contributed by atoms with E-state index in [2.05, 4.69) is 28.0 Å². The van der Waals surface area contributed by atoms with E-state index in [1.807, 2.05) is 6.20 Å². The van der Waals surface area contributed by atoms with E-state index < -0.39 is 0 Å². The first-order valence-electron chi connectivity index (χ1n) is 7.63. The zero-order valence-electron chi connectivity index (χ0n) is 11.4. The Bertz CT molecular complexity index is 381. The van der Waals surface area contributed by atoms with Gasteiger partial charge in [-0.25, -0.2) is 4.98 Å². The molecule has 0 aromatic carbocycles. The van der Waals surface area contributed by atoms with Crippen LogP contribution >= 0.6 is 0 Å². The Labute approximate surface area is 110 Å². The third-order valence-electron chi connectivity index (χ3n) is 4.45. The van der Waals surface area contributed by atoms with E-state index in [-0.39, 0.29) is 0 Å². The Hall–Kier alpha value is -0.830. The number of rotatable bonds is 6. The van der Waals surface area contributed by atoms with Gasteiger partial charge in [0.25, 0.3) is 0 Å². The monoisotopic (exact) mass is 247 g/mol. The summed E-state index contributed by atoms with van der Waals surface area (Å²) in [6.07, 6.45) is 12.2. The van der Waals surface area contributed by atoms with Crippen LogP contribution in [0.1, 0.15) is 57.2 Å². The van der Waals surface area contributed by atoms with E-state index in [1.165, 1.54) is 50.9 Å². The minimum absolute atomic E-state index is 0.692. The smallest absolute Gasteiger partial charge is 0.112 e. The predicted molar refractivity (Wildman–Crippen MR) is 73.6 cm³/mol. The first-order valence-corrected chi connectivity index (χ1v) is 7.63. The molecule has 2 fully saturated rings. The summed E-state index contributed by atoms with van der Waals surface area (Å²) in [4.78, 5) is 4.64. The highest BCUT2D eigenvalue weighted by Gasteiger charge is 2.32. The van der Waals surface area contributed by atoms with E-state index in [0.29, 0.717) is 5.92 Å². The van der Waals surface area contributed by atoms with Crippen molar-refractivity contribution in [2.24, 2.45) is 5.92 Å². The summed E-state index contributed by atoms with van der Waals surface area (Å²) in [6, 6.07) is 0.835. The molecular formula is C15H25N3. The fourth-order valence-corrected chi connectivity index (χ4v) is 3.31. The molecule has 2 aliphatic carbocycles. The van der Waals surface area contributed by atoms with Crippen molar-refractivity contribution >= 4 is 0 Å². The zero-order valence-corrected chi connectivity index (χ0v) is 11.4. The molecule has 3 heteroatoms. The summed E-state index contributed by atoms with van der Waals surface area (Å²) < 4.78 is 2.38. The zero-order chi connectivity index (χ0) is 12.4. The molecule has 0 aliphatic heterocycles. The van der Waals surface area contributed by atoms with E-state index in [1.54, 1.807) is 0 Å². The number of aryl methyl sites for hydroxylation is 1. The largest absolute Gasteiger partial charge is 0.335 e. The molecule has 1 N–H and O–H groups in total. The molecule has 1 aromatic rings. The average molecular weight is 247 g/mol. The van der Waals surface area contributed by atoms with Crippen molar-refractivity contribution < 1.29 is 0 Å². The highest BCUT2D eigenvalue weighted by molar-refractivity contribution is 5.06. The molecule has 0 amide bonds. The molecular weight excluding hydrogens is 222 g/mol. The van der Waals surface area contributed by atoms with Crippen LogP contribution in [0.4, 0.5) is 0 Å². The van der Waals surface area contributed by atoms with Gasteiger partial charge < -0.3 is 9.88 Å². The Morgan fingerprint density at radius 3 is 3.00 bits per heavy atom. The standard InChI is InChI=1S/C15H25N3/c1-2-9-18-10-8-16-15(18)14-5-3-4-12(14)11-17-13-6-7-13/h8,10,12-14,17H,2-7,9,11H2,1H3. The molecule has 0 saturated heterocycles. The molecule has 0 radical (unpaired) electrons. The quantitative estimate of drug-likeness (QED) is 0.837. The van der Waals surface area contributed by atoms with E-state index in [0.717, 1.165) is 18.5 Å². The minimum atomic E-state index is 0.692. The number of hydrogen-bond acceptors (Lipinski definition) is 2. The second-order valence-corrected chi connectivity index (χ2v) is 5.96. The summed E-state index contributed by atoms with van der Waals surface area (Å²) in [6.45, 7) is 4.56. The van der Waals surface area contributed by atoms with E-state index >= 15 is 0 Å². The van der Waals surface area contributed by atoms with Crippen LogP contribution in [0.3, 0.4) is 0 Å². The maximum Gasteiger partial charge on any atom is 0.112 e. The van der Waals surface area contributed by atoms with Gasteiger partial charge in [-0.05, 0) is 44.6 Å². The Morgan fingerprint density at radius 2 is 2.22 bits per heavy atom. The highest BCUT2D eigenvalue weighted by Crippen LogP contribution is 2.39. The maximum absolute atomic E-state index is 4.64. The van der Waals surface area contributed by atoms with Gasteiger partial charge in [-0.15, -0.1) is 0 Å². The molecule has 3 nitrogen and oxygen atoms in total. The Balaban J connectivity index is 1.66. The van der Waals surface area contributed by atoms with Gasteiger partial charge in [0, 0.05) is 30.9 Å². The highest BCUT2D eigenvalue weighted by atomic mass is 15.1. The van der Waals surface area contributed by atoms with Crippen molar-refractivity contribution in [1.82, 2.24) is 14.9 Å². The molecule has 2 unspecified atom stereocenters. The third kappa shape index (κ3) is 2.61. The maximum atomic E-state index is 4.64. The third-order valence-corrected chi connectivity index (χ3v) is 4.45. The summed E-state index contributed by atoms with van der Waals surface area (Å²) in [5, 5.41) is 3.70. The van der Waals surface area contributed by atoms with Crippen LogP contribution in [-0.4, -0.2) is 22.1 Å². The van der Waals surface area contributed by atoms with Crippen LogP contribution in [0.5, 0.6) is 0 Å². The normalized spacial score (nSPS) is 27.8. The lowest BCUT2D eigenvalue weighted by Gasteiger charge is -2.20. The Morgan fingerprint density at radius 1 is 1.33 bits per heavy atom. The molecule has 1 heterocycles. The summed E-state index contributed by atoms with van der Waals surface area (Å²) in [5.74, 6) is 2.85. The second kappa shape index (κ2) is 5.43. The van der Waals surface area contributed by atoms with Crippen molar-refractivity contribution in [1.29, 1.82) is 0 Å². The molecule has 3 rings (SSSR count). The van der Waals surface area contributed by atoms with Crippen LogP contribution in [0, 0.1) is 5.92 Å². The molecule has 0 spiro atoms. The first kappa shape index (κ1) is 12.2. The minimum Gasteiger partial charge on any atom is -0.335 e. The van der Waals surface area contributed by atoms with Crippen LogP contribution in [0.15, 0.2) is 12.4 Å². The van der Waals surface area contributed by atoms with Crippen LogP contribution < -0.4 is 5.32 Å². The van der Waals surface area contributed by atoms with Crippen molar-refractivity contribution in [3.63, 3.8) is 0 Å². The van der Waals surface area contributed by atoms with Gasteiger partial charge in [-0.1, -0.05) is 13.3 Å². The van der Waals surface area contributed by atoms with Gasteiger partial charge in [0.05, 0.1) is 0 Å². The Kier molecular flexibility index (Phi) is 3.69. The predicted octanol–water partition coefficient (Wildman–Crippen LogP) is 2.93. The summed E-state index contributed by atoms with van der Waals surface area (Å²) in [5.41, 5.74) is 0. The fourth-order valence-electron chi connectivity index (χ4n) is 3.31. The average Bonchev–Trinajstić information content (AvgIpc) is 2.90. The number of imidazole rings is 1. The second-order valence-electron chi connectivity index (χ2n) is 5.96. The lowest BCUT2D eigenvalue weighted by atomic mass is 9.95. The van der Waals surface area contributed by atoms with E-state index in [9.17, 15) is 0 Å². The van der Waals surface area contributed by atoms with Crippen LogP contribution in [-0.2, 0) is 6.54 Å². The van der Waals surface area contributed by atoms with Gasteiger partial charge in [-0.3, -0.25) is 0 Å². The number of nitrogens with zero attached hydrogens (tertiary/aromatic N) is 2.